The highest BCUT2D eigenvalue weighted by atomic mass is 16.4. The molecule has 3 atom stereocenters. The zero-order valence-electron chi connectivity index (χ0n) is 8.44. The van der Waals surface area contributed by atoms with Gasteiger partial charge in [0.05, 0.1) is 0 Å². The second-order valence-corrected chi connectivity index (χ2v) is 4.84. The van der Waals surface area contributed by atoms with Gasteiger partial charge in [-0.05, 0) is 43.2 Å². The van der Waals surface area contributed by atoms with Crippen LogP contribution in [0.15, 0.2) is 16.5 Å². The Labute approximate surface area is 83.9 Å². The van der Waals surface area contributed by atoms with Crippen LogP contribution >= 0.6 is 0 Å². The van der Waals surface area contributed by atoms with E-state index < -0.39 is 0 Å². The molecule has 0 bridgehead atoms. The summed E-state index contributed by atoms with van der Waals surface area (Å²) in [5, 5.41) is 9.85. The van der Waals surface area contributed by atoms with Crippen LogP contribution in [0.2, 0.25) is 0 Å². The van der Waals surface area contributed by atoms with Gasteiger partial charge in [0.1, 0.15) is 17.6 Å². The van der Waals surface area contributed by atoms with Gasteiger partial charge in [0, 0.05) is 5.92 Å². The third kappa shape index (κ3) is 1.38. The summed E-state index contributed by atoms with van der Waals surface area (Å²) in [7, 11) is 0. The summed E-state index contributed by atoms with van der Waals surface area (Å²) in [6.07, 6.45) is 3.19. The van der Waals surface area contributed by atoms with Gasteiger partial charge >= 0.3 is 0 Å². The molecule has 2 heteroatoms. The molecule has 0 saturated heterocycles. The van der Waals surface area contributed by atoms with E-state index in [4.69, 9.17) is 4.42 Å². The second-order valence-electron chi connectivity index (χ2n) is 4.84. The molecule has 0 aliphatic heterocycles. The first-order chi connectivity index (χ1) is 6.75. The Morgan fingerprint density at radius 1 is 1.43 bits per heavy atom. The van der Waals surface area contributed by atoms with Gasteiger partial charge in [-0.1, -0.05) is 6.92 Å². The fraction of sp³-hybridized carbons (Fsp3) is 0.667. The molecule has 1 heterocycles. The standard InChI is InChI=1S/C12H16O2/c1-7-6-9(7)10-4-5-11(14-10)12(13)8-2-3-8/h4-5,7-9,12-13H,2-3,6H2,1H3. The lowest BCUT2D eigenvalue weighted by Crippen LogP contribution is -1.96. The summed E-state index contributed by atoms with van der Waals surface area (Å²) in [6, 6.07) is 3.98. The maximum absolute atomic E-state index is 9.85. The zero-order chi connectivity index (χ0) is 9.71. The van der Waals surface area contributed by atoms with Crippen LogP contribution in [0.4, 0.5) is 0 Å². The number of hydrogen-bond acceptors (Lipinski definition) is 2. The highest BCUT2D eigenvalue weighted by Gasteiger charge is 2.38. The van der Waals surface area contributed by atoms with E-state index in [1.165, 1.54) is 6.42 Å². The Kier molecular flexibility index (Phi) is 1.75. The minimum atomic E-state index is -0.349. The quantitative estimate of drug-likeness (QED) is 0.798. The molecule has 2 aliphatic carbocycles. The van der Waals surface area contributed by atoms with E-state index >= 15 is 0 Å². The third-order valence-electron chi connectivity index (χ3n) is 3.48. The van der Waals surface area contributed by atoms with Crippen molar-refractivity contribution in [2.24, 2.45) is 11.8 Å². The molecule has 0 aromatic carbocycles. The van der Waals surface area contributed by atoms with Crippen LogP contribution < -0.4 is 0 Å². The Bertz CT molecular complexity index is 338. The average Bonchev–Trinajstić information content (AvgIpc) is 3.07. The molecule has 3 unspecified atom stereocenters. The molecule has 14 heavy (non-hydrogen) atoms. The SMILES string of the molecule is CC1CC1c1ccc(C(O)C2CC2)o1. The lowest BCUT2D eigenvalue weighted by Gasteiger charge is -2.04. The highest BCUT2D eigenvalue weighted by Crippen LogP contribution is 2.48. The van der Waals surface area contributed by atoms with Crippen molar-refractivity contribution in [1.82, 2.24) is 0 Å². The predicted molar refractivity (Wildman–Crippen MR) is 52.9 cm³/mol. The van der Waals surface area contributed by atoms with Gasteiger partial charge in [-0.2, -0.15) is 0 Å². The smallest absolute Gasteiger partial charge is 0.132 e. The maximum atomic E-state index is 9.85. The molecule has 2 nitrogen and oxygen atoms in total. The summed E-state index contributed by atoms with van der Waals surface area (Å²) in [4.78, 5) is 0. The van der Waals surface area contributed by atoms with Crippen LogP contribution in [0.5, 0.6) is 0 Å². The molecule has 2 aliphatic rings. The number of aliphatic hydroxyl groups is 1. The van der Waals surface area contributed by atoms with E-state index in [9.17, 15) is 5.11 Å². The van der Waals surface area contributed by atoms with Gasteiger partial charge in [-0.15, -0.1) is 0 Å². The van der Waals surface area contributed by atoms with Gasteiger partial charge in [0.15, 0.2) is 0 Å². The molecule has 2 saturated carbocycles. The third-order valence-corrected chi connectivity index (χ3v) is 3.48. The molecule has 0 radical (unpaired) electrons. The van der Waals surface area contributed by atoms with Gasteiger partial charge in [0.25, 0.3) is 0 Å². The van der Waals surface area contributed by atoms with E-state index in [0.29, 0.717) is 11.8 Å². The van der Waals surface area contributed by atoms with Crippen molar-refractivity contribution in [1.29, 1.82) is 0 Å². The zero-order valence-corrected chi connectivity index (χ0v) is 8.44. The van der Waals surface area contributed by atoms with E-state index in [2.05, 4.69) is 6.92 Å². The first-order valence-electron chi connectivity index (χ1n) is 5.53. The molecule has 1 aromatic rings. The predicted octanol–water partition coefficient (Wildman–Crippen LogP) is 2.85. The van der Waals surface area contributed by atoms with Crippen molar-refractivity contribution in [3.05, 3.63) is 23.7 Å². The summed E-state index contributed by atoms with van der Waals surface area (Å²) in [6.45, 7) is 2.24. The number of rotatable bonds is 3. The van der Waals surface area contributed by atoms with Crippen LogP contribution in [-0.4, -0.2) is 5.11 Å². The summed E-state index contributed by atoms with van der Waals surface area (Å²) >= 11 is 0. The monoisotopic (exact) mass is 192 g/mol. The molecule has 1 aromatic heterocycles. The Hall–Kier alpha value is -0.760. The fourth-order valence-corrected chi connectivity index (χ4v) is 2.09. The van der Waals surface area contributed by atoms with Crippen molar-refractivity contribution in [2.45, 2.75) is 38.2 Å². The molecule has 0 amide bonds. The summed E-state index contributed by atoms with van der Waals surface area (Å²) in [5.74, 6) is 3.71. The Morgan fingerprint density at radius 3 is 2.71 bits per heavy atom. The maximum Gasteiger partial charge on any atom is 0.132 e. The van der Waals surface area contributed by atoms with Crippen molar-refractivity contribution in [3.8, 4) is 0 Å². The minimum Gasteiger partial charge on any atom is -0.463 e. The van der Waals surface area contributed by atoms with Crippen LogP contribution in [0.1, 0.15) is 49.7 Å². The summed E-state index contributed by atoms with van der Waals surface area (Å²) in [5.41, 5.74) is 0. The van der Waals surface area contributed by atoms with Crippen molar-refractivity contribution in [3.63, 3.8) is 0 Å². The molecule has 0 spiro atoms. The Balaban J connectivity index is 1.76. The average molecular weight is 192 g/mol. The van der Waals surface area contributed by atoms with Crippen LogP contribution in [0.25, 0.3) is 0 Å². The number of aliphatic hydroxyl groups excluding tert-OH is 1. The van der Waals surface area contributed by atoms with Crippen molar-refractivity contribution in [2.75, 3.05) is 0 Å². The first kappa shape index (κ1) is 8.54. The number of hydrogen-bond donors (Lipinski definition) is 1. The first-order valence-corrected chi connectivity index (χ1v) is 5.53. The fourth-order valence-electron chi connectivity index (χ4n) is 2.09. The lowest BCUT2D eigenvalue weighted by atomic mass is 10.2. The highest BCUT2D eigenvalue weighted by molar-refractivity contribution is 5.19. The minimum absolute atomic E-state index is 0.349. The van der Waals surface area contributed by atoms with Crippen LogP contribution in [-0.2, 0) is 0 Å². The molecular weight excluding hydrogens is 176 g/mol. The van der Waals surface area contributed by atoms with E-state index in [0.717, 1.165) is 30.3 Å². The topological polar surface area (TPSA) is 33.4 Å². The summed E-state index contributed by atoms with van der Waals surface area (Å²) < 4.78 is 5.69. The molecular formula is C12H16O2. The van der Waals surface area contributed by atoms with Crippen LogP contribution in [0.3, 0.4) is 0 Å². The second kappa shape index (κ2) is 2.86. The lowest BCUT2D eigenvalue weighted by molar-refractivity contribution is 0.125. The van der Waals surface area contributed by atoms with Gasteiger partial charge < -0.3 is 9.52 Å². The van der Waals surface area contributed by atoms with E-state index in [-0.39, 0.29) is 6.10 Å². The Morgan fingerprint density at radius 2 is 2.14 bits per heavy atom. The largest absolute Gasteiger partial charge is 0.463 e. The molecule has 1 N–H and O–H groups in total. The van der Waals surface area contributed by atoms with Gasteiger partial charge in [0.2, 0.25) is 0 Å². The molecule has 76 valence electrons. The number of furan rings is 1. The van der Waals surface area contributed by atoms with Crippen LogP contribution in [0, 0.1) is 11.8 Å². The van der Waals surface area contributed by atoms with Crippen molar-refractivity contribution < 1.29 is 9.52 Å². The molecule has 3 rings (SSSR count). The molecule has 2 fully saturated rings. The van der Waals surface area contributed by atoms with Gasteiger partial charge in [-0.25, -0.2) is 0 Å². The van der Waals surface area contributed by atoms with Gasteiger partial charge in [-0.3, -0.25) is 0 Å². The normalized spacial score (nSPS) is 33.0. The van der Waals surface area contributed by atoms with E-state index in [1.54, 1.807) is 0 Å². The van der Waals surface area contributed by atoms with E-state index in [1.807, 2.05) is 12.1 Å². The van der Waals surface area contributed by atoms with Crippen molar-refractivity contribution >= 4 is 0 Å².